The standard InChI is InChI=1S/C20H27N3OS/c1-17-6-7-19(25-17)14-23-11-12-24-20(16-23)8-4-10-22(15-20)13-18-5-2-3-9-21-18/h2-3,5-7,9H,4,8,10-16H2,1H3. The van der Waals surface area contributed by atoms with Gasteiger partial charge in [0.05, 0.1) is 17.9 Å². The smallest absolute Gasteiger partial charge is 0.0936 e. The van der Waals surface area contributed by atoms with Gasteiger partial charge in [-0.2, -0.15) is 0 Å². The number of morpholine rings is 1. The zero-order chi connectivity index (χ0) is 17.1. The number of pyridine rings is 1. The van der Waals surface area contributed by atoms with Crippen LogP contribution in [0.1, 0.15) is 28.3 Å². The van der Waals surface area contributed by atoms with Crippen LogP contribution in [0.15, 0.2) is 36.5 Å². The third kappa shape index (κ3) is 4.29. The topological polar surface area (TPSA) is 28.6 Å². The predicted octanol–water partition coefficient (Wildman–Crippen LogP) is 3.32. The van der Waals surface area contributed by atoms with Gasteiger partial charge in [0.15, 0.2) is 0 Å². The van der Waals surface area contributed by atoms with E-state index in [1.54, 1.807) is 0 Å². The second-order valence-corrected chi connectivity index (χ2v) is 8.76. The first-order chi connectivity index (χ1) is 12.2. The maximum Gasteiger partial charge on any atom is 0.0936 e. The SMILES string of the molecule is Cc1ccc(CN2CCOC3(CCCN(Cc4ccccn4)C3)C2)s1. The van der Waals surface area contributed by atoms with Crippen LogP contribution in [0.25, 0.3) is 0 Å². The summed E-state index contributed by atoms with van der Waals surface area (Å²) in [7, 11) is 0. The number of likely N-dealkylation sites (tertiary alicyclic amines) is 1. The number of rotatable bonds is 4. The van der Waals surface area contributed by atoms with Gasteiger partial charge in [-0.25, -0.2) is 0 Å². The number of nitrogens with zero attached hydrogens (tertiary/aromatic N) is 3. The lowest BCUT2D eigenvalue weighted by atomic mass is 9.90. The van der Waals surface area contributed by atoms with Crippen molar-refractivity contribution in [2.24, 2.45) is 0 Å². The molecule has 5 heteroatoms. The Kier molecular flexibility index (Phi) is 5.17. The van der Waals surface area contributed by atoms with Gasteiger partial charge in [-0.05, 0) is 50.6 Å². The van der Waals surface area contributed by atoms with Crippen LogP contribution in [0.4, 0.5) is 0 Å². The molecule has 2 aliphatic rings. The van der Waals surface area contributed by atoms with Crippen molar-refractivity contribution in [3.8, 4) is 0 Å². The highest BCUT2D eigenvalue weighted by molar-refractivity contribution is 7.11. The molecule has 1 atom stereocenters. The molecule has 4 rings (SSSR count). The number of ether oxygens (including phenoxy) is 1. The van der Waals surface area contributed by atoms with E-state index < -0.39 is 0 Å². The largest absolute Gasteiger partial charge is 0.371 e. The molecule has 2 fully saturated rings. The zero-order valence-electron chi connectivity index (χ0n) is 15.0. The molecule has 0 saturated carbocycles. The number of aromatic nitrogens is 1. The highest BCUT2D eigenvalue weighted by atomic mass is 32.1. The minimum Gasteiger partial charge on any atom is -0.371 e. The maximum atomic E-state index is 6.35. The van der Waals surface area contributed by atoms with E-state index in [4.69, 9.17) is 4.74 Å². The van der Waals surface area contributed by atoms with E-state index in [0.717, 1.165) is 51.6 Å². The van der Waals surface area contributed by atoms with Crippen LogP contribution in [-0.2, 0) is 17.8 Å². The van der Waals surface area contributed by atoms with Crippen LogP contribution in [0, 0.1) is 6.92 Å². The lowest BCUT2D eigenvalue weighted by Crippen LogP contribution is -2.59. The number of hydrogen-bond acceptors (Lipinski definition) is 5. The van der Waals surface area contributed by atoms with Gasteiger partial charge in [-0.15, -0.1) is 11.3 Å². The molecular formula is C20H27N3OS. The lowest BCUT2D eigenvalue weighted by Gasteiger charge is -2.48. The van der Waals surface area contributed by atoms with Crippen LogP contribution in [0.2, 0.25) is 0 Å². The summed E-state index contributed by atoms with van der Waals surface area (Å²) in [6.07, 6.45) is 4.27. The molecule has 2 aromatic rings. The molecule has 25 heavy (non-hydrogen) atoms. The molecule has 134 valence electrons. The van der Waals surface area contributed by atoms with Gasteiger partial charge < -0.3 is 4.74 Å². The predicted molar refractivity (Wildman–Crippen MR) is 102 cm³/mol. The summed E-state index contributed by atoms with van der Waals surface area (Å²) < 4.78 is 6.35. The fraction of sp³-hybridized carbons (Fsp3) is 0.550. The Bertz CT molecular complexity index is 685. The molecule has 4 heterocycles. The number of piperidine rings is 1. The van der Waals surface area contributed by atoms with Crippen molar-refractivity contribution in [2.45, 2.75) is 38.5 Å². The van der Waals surface area contributed by atoms with E-state index >= 15 is 0 Å². The summed E-state index contributed by atoms with van der Waals surface area (Å²) in [5.41, 5.74) is 1.15. The first-order valence-electron chi connectivity index (χ1n) is 9.25. The fourth-order valence-electron chi connectivity index (χ4n) is 4.14. The van der Waals surface area contributed by atoms with Crippen LogP contribution in [-0.4, -0.2) is 53.2 Å². The molecule has 1 spiro atoms. The highest BCUT2D eigenvalue weighted by Gasteiger charge is 2.40. The summed E-state index contributed by atoms with van der Waals surface area (Å²) in [5.74, 6) is 0. The summed E-state index contributed by atoms with van der Waals surface area (Å²) in [6, 6.07) is 10.7. The molecule has 0 radical (unpaired) electrons. The Hall–Kier alpha value is -1.27. The first kappa shape index (κ1) is 17.2. The number of aryl methyl sites for hydroxylation is 1. The average Bonchev–Trinajstić information content (AvgIpc) is 3.01. The van der Waals surface area contributed by atoms with Gasteiger partial charge in [0.1, 0.15) is 0 Å². The van der Waals surface area contributed by atoms with Crippen molar-refractivity contribution in [3.05, 3.63) is 52.0 Å². The molecule has 2 saturated heterocycles. The Morgan fingerprint density at radius 3 is 2.76 bits per heavy atom. The van der Waals surface area contributed by atoms with Gasteiger partial charge in [0.25, 0.3) is 0 Å². The monoisotopic (exact) mass is 357 g/mol. The molecule has 4 nitrogen and oxygen atoms in total. The van der Waals surface area contributed by atoms with Gasteiger partial charge in [-0.3, -0.25) is 14.8 Å². The summed E-state index contributed by atoms with van der Waals surface area (Å²) in [6.45, 7) is 9.27. The summed E-state index contributed by atoms with van der Waals surface area (Å²) in [4.78, 5) is 12.5. The maximum absolute atomic E-state index is 6.35. The number of hydrogen-bond donors (Lipinski definition) is 0. The van der Waals surface area contributed by atoms with E-state index in [9.17, 15) is 0 Å². The van der Waals surface area contributed by atoms with E-state index in [-0.39, 0.29) is 5.60 Å². The molecule has 2 aromatic heterocycles. The zero-order valence-corrected chi connectivity index (χ0v) is 15.8. The van der Waals surface area contributed by atoms with Gasteiger partial charge in [-0.1, -0.05) is 6.07 Å². The second kappa shape index (κ2) is 7.54. The summed E-state index contributed by atoms with van der Waals surface area (Å²) in [5, 5.41) is 0. The van der Waals surface area contributed by atoms with Crippen molar-refractivity contribution in [3.63, 3.8) is 0 Å². The molecule has 0 aliphatic carbocycles. The number of thiophene rings is 1. The highest BCUT2D eigenvalue weighted by Crippen LogP contribution is 2.30. The van der Waals surface area contributed by atoms with E-state index in [1.807, 2.05) is 23.6 Å². The molecule has 2 aliphatic heterocycles. The summed E-state index contributed by atoms with van der Waals surface area (Å²) >= 11 is 1.92. The van der Waals surface area contributed by atoms with Crippen LogP contribution in [0.5, 0.6) is 0 Å². The van der Waals surface area contributed by atoms with Gasteiger partial charge in [0, 0.05) is 48.7 Å². The minimum atomic E-state index is -0.00240. The Balaban J connectivity index is 1.39. The average molecular weight is 358 g/mol. The normalized spacial score (nSPS) is 25.5. The third-order valence-electron chi connectivity index (χ3n) is 5.23. The van der Waals surface area contributed by atoms with Crippen molar-refractivity contribution >= 4 is 11.3 Å². The Morgan fingerprint density at radius 1 is 1.12 bits per heavy atom. The van der Waals surface area contributed by atoms with Crippen LogP contribution < -0.4 is 0 Å². The third-order valence-corrected chi connectivity index (χ3v) is 6.22. The van der Waals surface area contributed by atoms with E-state index in [0.29, 0.717) is 0 Å². The molecular weight excluding hydrogens is 330 g/mol. The van der Waals surface area contributed by atoms with Gasteiger partial charge in [0.2, 0.25) is 0 Å². The van der Waals surface area contributed by atoms with Crippen molar-refractivity contribution < 1.29 is 4.74 Å². The molecule has 0 N–H and O–H groups in total. The van der Waals surface area contributed by atoms with Crippen molar-refractivity contribution in [1.82, 2.24) is 14.8 Å². The minimum absolute atomic E-state index is 0.00240. The molecule has 0 amide bonds. The Morgan fingerprint density at radius 2 is 2.00 bits per heavy atom. The second-order valence-electron chi connectivity index (χ2n) is 7.39. The van der Waals surface area contributed by atoms with Crippen molar-refractivity contribution in [1.29, 1.82) is 0 Å². The fourth-order valence-corrected chi connectivity index (χ4v) is 5.07. The van der Waals surface area contributed by atoms with Crippen LogP contribution in [0.3, 0.4) is 0 Å². The van der Waals surface area contributed by atoms with Crippen LogP contribution >= 0.6 is 11.3 Å². The molecule has 0 bridgehead atoms. The molecule has 1 unspecified atom stereocenters. The van der Waals surface area contributed by atoms with E-state index in [1.165, 1.54) is 22.6 Å². The van der Waals surface area contributed by atoms with Crippen molar-refractivity contribution in [2.75, 3.05) is 32.8 Å². The van der Waals surface area contributed by atoms with Gasteiger partial charge >= 0.3 is 0 Å². The lowest BCUT2D eigenvalue weighted by molar-refractivity contribution is -0.142. The Labute approximate surface area is 154 Å². The molecule has 0 aromatic carbocycles. The van der Waals surface area contributed by atoms with E-state index in [2.05, 4.69) is 46.0 Å². The first-order valence-corrected chi connectivity index (χ1v) is 10.1. The quantitative estimate of drug-likeness (QED) is 0.839.